The number of hydrogen-bond donors (Lipinski definition) is 1. The Balaban J connectivity index is 2.87. The molecule has 0 aromatic heterocycles. The van der Waals surface area contributed by atoms with Crippen LogP contribution in [0.1, 0.15) is 19.8 Å². The summed E-state index contributed by atoms with van der Waals surface area (Å²) in [5.74, 6) is 0. The maximum Gasteiger partial charge on any atom is 0.135 e. The van der Waals surface area contributed by atoms with Crippen LogP contribution in [0.4, 0.5) is 0 Å². The van der Waals surface area contributed by atoms with Crippen molar-refractivity contribution in [1.82, 2.24) is 0 Å². The van der Waals surface area contributed by atoms with Gasteiger partial charge in [0, 0.05) is 17.5 Å². The Morgan fingerprint density at radius 2 is 2.50 bits per heavy atom. The molecule has 0 radical (unpaired) electrons. The first-order valence-electron chi connectivity index (χ1n) is 3.21. The number of rotatable bonds is 0. The molecule has 0 aromatic carbocycles. The number of nitrogens with zero attached hydrogens (tertiary/aromatic N) is 2. The lowest BCUT2D eigenvalue weighted by atomic mass is 10.1. The summed E-state index contributed by atoms with van der Waals surface area (Å²) in [5, 5.41) is 8.66. The van der Waals surface area contributed by atoms with Crippen molar-refractivity contribution in [1.29, 1.82) is 5.26 Å². The molecule has 0 aromatic rings. The van der Waals surface area contributed by atoms with Gasteiger partial charge in [0.25, 0.3) is 0 Å². The predicted molar refractivity (Wildman–Crippen MR) is 40.5 cm³/mol. The van der Waals surface area contributed by atoms with E-state index in [0.717, 1.165) is 12.8 Å². The zero-order valence-electron chi connectivity index (χ0n) is 5.87. The Labute approximate surface area is 63.0 Å². The SMILES string of the molecule is CC1(C#N)CCCN=S1O. The molecular weight excluding hydrogens is 148 g/mol. The first-order chi connectivity index (χ1) is 4.69. The second-order valence-electron chi connectivity index (χ2n) is 2.56. The third-order valence-corrected chi connectivity index (χ3v) is 3.19. The summed E-state index contributed by atoms with van der Waals surface area (Å²) in [7, 11) is -1.03. The lowest BCUT2D eigenvalue weighted by Crippen LogP contribution is -2.31. The molecule has 1 N–H and O–H groups in total. The van der Waals surface area contributed by atoms with Crippen molar-refractivity contribution in [3.05, 3.63) is 0 Å². The van der Waals surface area contributed by atoms with E-state index in [1.54, 1.807) is 6.92 Å². The van der Waals surface area contributed by atoms with Crippen molar-refractivity contribution < 1.29 is 4.55 Å². The molecule has 2 unspecified atom stereocenters. The van der Waals surface area contributed by atoms with Gasteiger partial charge in [0.2, 0.25) is 0 Å². The normalized spacial score (nSPS) is 39.9. The average molecular weight is 158 g/mol. The van der Waals surface area contributed by atoms with E-state index in [2.05, 4.69) is 10.4 Å². The third-order valence-electron chi connectivity index (χ3n) is 1.66. The molecule has 0 fully saturated rings. The van der Waals surface area contributed by atoms with Gasteiger partial charge in [-0.2, -0.15) is 5.26 Å². The molecule has 1 rings (SSSR count). The van der Waals surface area contributed by atoms with Crippen molar-refractivity contribution in [2.45, 2.75) is 24.5 Å². The molecule has 0 bridgehead atoms. The standard InChI is InChI=1S/C6H10N2OS/c1-6(5-7)3-2-4-8-10(6)9/h2-4H2,1H3,(H,8,9). The van der Waals surface area contributed by atoms with Crippen molar-refractivity contribution in [2.24, 2.45) is 4.36 Å². The highest BCUT2D eigenvalue weighted by Gasteiger charge is 2.30. The fourth-order valence-electron chi connectivity index (χ4n) is 0.898. The van der Waals surface area contributed by atoms with Gasteiger partial charge < -0.3 is 4.55 Å². The molecule has 2 atom stereocenters. The molecule has 10 heavy (non-hydrogen) atoms. The van der Waals surface area contributed by atoms with Crippen molar-refractivity contribution in [3.8, 4) is 6.07 Å². The van der Waals surface area contributed by atoms with E-state index in [0.29, 0.717) is 6.54 Å². The van der Waals surface area contributed by atoms with Crippen LogP contribution in [0.3, 0.4) is 0 Å². The summed E-state index contributed by atoms with van der Waals surface area (Å²) < 4.78 is 12.6. The van der Waals surface area contributed by atoms with Crippen LogP contribution in [-0.2, 0) is 11.0 Å². The van der Waals surface area contributed by atoms with E-state index in [9.17, 15) is 4.55 Å². The lowest BCUT2D eigenvalue weighted by Gasteiger charge is -2.23. The van der Waals surface area contributed by atoms with E-state index in [1.807, 2.05) is 0 Å². The molecule has 1 aliphatic heterocycles. The summed E-state index contributed by atoms with van der Waals surface area (Å²) in [5.41, 5.74) is 0. The van der Waals surface area contributed by atoms with Crippen LogP contribution in [0.25, 0.3) is 0 Å². The number of nitriles is 1. The van der Waals surface area contributed by atoms with Gasteiger partial charge in [0.1, 0.15) is 4.75 Å². The van der Waals surface area contributed by atoms with Crippen LogP contribution < -0.4 is 0 Å². The molecule has 1 aliphatic rings. The first-order valence-corrected chi connectivity index (χ1v) is 4.35. The van der Waals surface area contributed by atoms with Gasteiger partial charge >= 0.3 is 0 Å². The quantitative estimate of drug-likeness (QED) is 0.578. The highest BCUT2D eigenvalue weighted by molar-refractivity contribution is 7.83. The van der Waals surface area contributed by atoms with E-state index >= 15 is 0 Å². The highest BCUT2D eigenvalue weighted by atomic mass is 32.2. The van der Waals surface area contributed by atoms with E-state index in [1.165, 1.54) is 0 Å². The van der Waals surface area contributed by atoms with E-state index in [4.69, 9.17) is 5.26 Å². The second-order valence-corrected chi connectivity index (χ2v) is 4.25. The Hall–Kier alpha value is -0.400. The van der Waals surface area contributed by atoms with E-state index < -0.39 is 15.7 Å². The van der Waals surface area contributed by atoms with Gasteiger partial charge in [-0.3, -0.25) is 0 Å². The molecule has 0 saturated carbocycles. The maximum absolute atomic E-state index is 9.27. The Kier molecular flexibility index (Phi) is 2.07. The third kappa shape index (κ3) is 1.20. The minimum atomic E-state index is -1.03. The van der Waals surface area contributed by atoms with Crippen LogP contribution >= 0.6 is 0 Å². The molecule has 0 aliphatic carbocycles. The van der Waals surface area contributed by atoms with Crippen LogP contribution in [0.5, 0.6) is 0 Å². The lowest BCUT2D eigenvalue weighted by molar-refractivity contribution is 0.559. The summed E-state index contributed by atoms with van der Waals surface area (Å²) in [6.07, 6.45) is 1.70. The van der Waals surface area contributed by atoms with Gasteiger partial charge in [0.05, 0.1) is 6.07 Å². The second kappa shape index (κ2) is 2.69. The zero-order chi connectivity index (χ0) is 7.61. The maximum atomic E-state index is 9.27. The largest absolute Gasteiger partial charge is 0.321 e. The molecule has 0 saturated heterocycles. The fraction of sp³-hybridized carbons (Fsp3) is 0.833. The summed E-state index contributed by atoms with van der Waals surface area (Å²) in [6, 6.07) is 2.10. The average Bonchev–Trinajstić information content (AvgIpc) is 1.96. The Morgan fingerprint density at radius 3 is 2.90 bits per heavy atom. The van der Waals surface area contributed by atoms with Crippen molar-refractivity contribution in [2.75, 3.05) is 6.54 Å². The van der Waals surface area contributed by atoms with Crippen LogP contribution in [0.2, 0.25) is 0 Å². The van der Waals surface area contributed by atoms with Crippen LogP contribution in [0.15, 0.2) is 4.36 Å². The molecule has 4 heteroatoms. The summed E-state index contributed by atoms with van der Waals surface area (Å²) >= 11 is 0. The highest BCUT2D eigenvalue weighted by Crippen LogP contribution is 2.23. The molecule has 56 valence electrons. The Bertz CT molecular complexity index is 208. The molecule has 1 heterocycles. The van der Waals surface area contributed by atoms with Gasteiger partial charge in [-0.25, -0.2) is 4.36 Å². The summed E-state index contributed by atoms with van der Waals surface area (Å²) in [4.78, 5) is 0. The van der Waals surface area contributed by atoms with E-state index in [-0.39, 0.29) is 0 Å². The topological polar surface area (TPSA) is 56.4 Å². The number of hydrogen-bond acceptors (Lipinski definition) is 2. The summed E-state index contributed by atoms with van der Waals surface area (Å²) in [6.45, 7) is 2.47. The van der Waals surface area contributed by atoms with Crippen molar-refractivity contribution in [3.63, 3.8) is 0 Å². The predicted octanol–water partition coefficient (Wildman–Crippen LogP) is 1.34. The van der Waals surface area contributed by atoms with Gasteiger partial charge in [-0.15, -0.1) is 0 Å². The van der Waals surface area contributed by atoms with Crippen molar-refractivity contribution >= 4 is 11.0 Å². The minimum absolute atomic E-state index is 0.599. The molecule has 0 amide bonds. The molecular formula is C6H10N2OS. The fourth-order valence-corrected chi connectivity index (χ4v) is 1.89. The van der Waals surface area contributed by atoms with Crippen LogP contribution in [0, 0.1) is 11.3 Å². The van der Waals surface area contributed by atoms with Gasteiger partial charge in [0.15, 0.2) is 0 Å². The smallest absolute Gasteiger partial charge is 0.135 e. The minimum Gasteiger partial charge on any atom is -0.321 e. The zero-order valence-corrected chi connectivity index (χ0v) is 6.69. The van der Waals surface area contributed by atoms with Crippen LogP contribution in [-0.4, -0.2) is 15.8 Å². The molecule has 3 nitrogen and oxygen atoms in total. The monoisotopic (exact) mass is 158 g/mol. The van der Waals surface area contributed by atoms with Gasteiger partial charge in [-0.05, 0) is 19.8 Å². The first kappa shape index (κ1) is 7.70. The van der Waals surface area contributed by atoms with Gasteiger partial charge in [-0.1, -0.05) is 0 Å². The Morgan fingerprint density at radius 1 is 1.80 bits per heavy atom. The molecule has 0 spiro atoms.